The molecule has 140 valence electrons. The Morgan fingerprint density at radius 1 is 0.963 bits per heavy atom. The number of sulfonamides is 1. The molecule has 3 rings (SSSR count). The molecule has 3 aromatic rings. The lowest BCUT2D eigenvalue weighted by Gasteiger charge is -2.08. The normalized spacial score (nSPS) is 11.3. The highest BCUT2D eigenvalue weighted by molar-refractivity contribution is 9.10. The summed E-state index contributed by atoms with van der Waals surface area (Å²) in [6.45, 7) is 0.640. The molecule has 2 N–H and O–H groups in total. The Morgan fingerprint density at radius 3 is 2.30 bits per heavy atom. The first kappa shape index (κ1) is 19.8. The Hall–Kier alpha value is -2.00. The molecule has 8 heteroatoms. The molecule has 2 aromatic carbocycles. The van der Waals surface area contributed by atoms with E-state index in [0.29, 0.717) is 12.1 Å². The van der Waals surface area contributed by atoms with Gasteiger partial charge in [-0.3, -0.25) is 4.79 Å². The van der Waals surface area contributed by atoms with Gasteiger partial charge in [0, 0.05) is 21.5 Å². The monoisotopic (exact) mass is 464 g/mol. The molecule has 1 aromatic heterocycles. The van der Waals surface area contributed by atoms with Crippen LogP contribution in [0.25, 0.3) is 0 Å². The van der Waals surface area contributed by atoms with Crippen LogP contribution in [0.2, 0.25) is 0 Å². The summed E-state index contributed by atoms with van der Waals surface area (Å²) < 4.78 is 28.0. The average Bonchev–Trinajstić information content (AvgIpc) is 3.19. The number of rotatable bonds is 7. The highest BCUT2D eigenvalue weighted by Gasteiger charge is 2.13. The standard InChI is InChI=1S/C19H17BrN2O3S2/c20-16-7-9-18(10-8-16)27(24,25)22-12-14-3-5-15(6-4-14)19(23)21-13-17-2-1-11-26-17/h1-11,22H,12-13H2,(H,21,23). The molecule has 5 nitrogen and oxygen atoms in total. The van der Waals surface area contributed by atoms with E-state index < -0.39 is 10.0 Å². The number of thiophene rings is 1. The van der Waals surface area contributed by atoms with Gasteiger partial charge in [0.25, 0.3) is 5.91 Å². The van der Waals surface area contributed by atoms with Crippen LogP contribution in [0.1, 0.15) is 20.8 Å². The van der Waals surface area contributed by atoms with Gasteiger partial charge in [-0.2, -0.15) is 0 Å². The maximum Gasteiger partial charge on any atom is 0.251 e. The SMILES string of the molecule is O=C(NCc1cccs1)c1ccc(CNS(=O)(=O)c2ccc(Br)cc2)cc1. The quantitative estimate of drug-likeness (QED) is 0.556. The van der Waals surface area contributed by atoms with E-state index in [4.69, 9.17) is 0 Å². The van der Waals surface area contributed by atoms with Gasteiger partial charge in [-0.05, 0) is 53.4 Å². The highest BCUT2D eigenvalue weighted by atomic mass is 79.9. The maximum absolute atomic E-state index is 12.3. The summed E-state index contributed by atoms with van der Waals surface area (Å²) in [7, 11) is -3.58. The number of hydrogen-bond acceptors (Lipinski definition) is 4. The molecular weight excluding hydrogens is 448 g/mol. The summed E-state index contributed by atoms with van der Waals surface area (Å²) >= 11 is 4.87. The summed E-state index contributed by atoms with van der Waals surface area (Å²) in [5.74, 6) is -0.162. The molecule has 0 saturated carbocycles. The smallest absolute Gasteiger partial charge is 0.251 e. The van der Waals surface area contributed by atoms with Crippen LogP contribution in [-0.4, -0.2) is 14.3 Å². The van der Waals surface area contributed by atoms with E-state index in [2.05, 4.69) is 26.0 Å². The second-order valence-corrected chi connectivity index (χ2v) is 9.45. The largest absolute Gasteiger partial charge is 0.347 e. The van der Waals surface area contributed by atoms with E-state index in [1.165, 1.54) is 12.1 Å². The van der Waals surface area contributed by atoms with Gasteiger partial charge >= 0.3 is 0 Å². The Kier molecular flexibility index (Phi) is 6.43. The fourth-order valence-corrected chi connectivity index (χ4v) is 4.26. The Morgan fingerprint density at radius 2 is 1.67 bits per heavy atom. The lowest BCUT2D eigenvalue weighted by Crippen LogP contribution is -2.24. The Bertz CT molecular complexity index is 1000. The molecule has 0 atom stereocenters. The topological polar surface area (TPSA) is 75.3 Å². The fourth-order valence-electron chi connectivity index (χ4n) is 2.33. The van der Waals surface area contributed by atoms with Crippen LogP contribution in [0, 0.1) is 0 Å². The van der Waals surface area contributed by atoms with E-state index in [-0.39, 0.29) is 17.3 Å². The zero-order chi connectivity index (χ0) is 19.3. The van der Waals surface area contributed by atoms with Crippen molar-refractivity contribution in [3.05, 3.63) is 86.5 Å². The van der Waals surface area contributed by atoms with Gasteiger partial charge in [-0.1, -0.05) is 34.1 Å². The first-order valence-corrected chi connectivity index (χ1v) is 11.2. The third kappa shape index (κ3) is 5.49. The van der Waals surface area contributed by atoms with Crippen molar-refractivity contribution < 1.29 is 13.2 Å². The summed E-state index contributed by atoms with van der Waals surface area (Å²) in [5.41, 5.74) is 1.30. The van der Waals surface area contributed by atoms with Gasteiger partial charge in [-0.15, -0.1) is 11.3 Å². The van der Waals surface area contributed by atoms with Crippen molar-refractivity contribution >= 4 is 43.2 Å². The molecule has 27 heavy (non-hydrogen) atoms. The lowest BCUT2D eigenvalue weighted by molar-refractivity contribution is 0.0951. The number of amides is 1. The van der Waals surface area contributed by atoms with Crippen molar-refractivity contribution in [1.29, 1.82) is 0 Å². The van der Waals surface area contributed by atoms with Crippen molar-refractivity contribution in [2.75, 3.05) is 0 Å². The first-order chi connectivity index (χ1) is 12.9. The summed E-state index contributed by atoms with van der Waals surface area (Å²) in [5, 5.41) is 4.82. The molecular formula is C19H17BrN2O3S2. The molecule has 0 saturated heterocycles. The third-order valence-corrected chi connectivity index (χ3v) is 6.63. The molecule has 0 radical (unpaired) electrons. The van der Waals surface area contributed by atoms with Crippen LogP contribution < -0.4 is 10.0 Å². The minimum atomic E-state index is -3.58. The zero-order valence-corrected chi connectivity index (χ0v) is 17.4. The zero-order valence-electron chi connectivity index (χ0n) is 14.2. The lowest BCUT2D eigenvalue weighted by atomic mass is 10.1. The number of carbonyl (C=O) groups is 1. The number of nitrogens with one attached hydrogen (secondary N) is 2. The minimum Gasteiger partial charge on any atom is -0.347 e. The van der Waals surface area contributed by atoms with Crippen LogP contribution in [-0.2, 0) is 23.1 Å². The van der Waals surface area contributed by atoms with Crippen molar-refractivity contribution in [3.8, 4) is 0 Å². The molecule has 0 aliphatic rings. The molecule has 0 spiro atoms. The van der Waals surface area contributed by atoms with Gasteiger partial charge in [0.15, 0.2) is 0 Å². The van der Waals surface area contributed by atoms with E-state index in [9.17, 15) is 13.2 Å². The third-order valence-electron chi connectivity index (χ3n) is 3.81. The number of benzene rings is 2. The predicted molar refractivity (Wildman–Crippen MR) is 110 cm³/mol. The van der Waals surface area contributed by atoms with Gasteiger partial charge in [-0.25, -0.2) is 13.1 Å². The molecule has 0 aliphatic carbocycles. The molecule has 0 aliphatic heterocycles. The van der Waals surface area contributed by atoms with Crippen LogP contribution >= 0.6 is 27.3 Å². The Balaban J connectivity index is 1.57. The van der Waals surface area contributed by atoms with Gasteiger partial charge in [0.2, 0.25) is 10.0 Å². The van der Waals surface area contributed by atoms with Crippen molar-refractivity contribution in [1.82, 2.24) is 10.0 Å². The van der Waals surface area contributed by atoms with E-state index in [1.807, 2.05) is 17.5 Å². The van der Waals surface area contributed by atoms with E-state index in [1.54, 1.807) is 47.7 Å². The van der Waals surface area contributed by atoms with Crippen LogP contribution in [0.5, 0.6) is 0 Å². The van der Waals surface area contributed by atoms with Gasteiger partial charge in [0.05, 0.1) is 11.4 Å². The predicted octanol–water partition coefficient (Wildman–Crippen LogP) is 3.92. The second-order valence-electron chi connectivity index (χ2n) is 5.74. The highest BCUT2D eigenvalue weighted by Crippen LogP contribution is 2.15. The molecule has 0 fully saturated rings. The van der Waals surface area contributed by atoms with Crippen LogP contribution in [0.3, 0.4) is 0 Å². The summed E-state index contributed by atoms with van der Waals surface area (Å²) in [6, 6.07) is 17.2. The average molecular weight is 465 g/mol. The van der Waals surface area contributed by atoms with Crippen molar-refractivity contribution in [2.24, 2.45) is 0 Å². The van der Waals surface area contributed by atoms with Crippen LogP contribution in [0.4, 0.5) is 0 Å². The fraction of sp³-hybridized carbons (Fsp3) is 0.105. The van der Waals surface area contributed by atoms with Crippen molar-refractivity contribution in [3.63, 3.8) is 0 Å². The van der Waals surface area contributed by atoms with Crippen LogP contribution in [0.15, 0.2) is 75.4 Å². The number of carbonyl (C=O) groups excluding carboxylic acids is 1. The summed E-state index contributed by atoms with van der Waals surface area (Å²) in [6.07, 6.45) is 0. The molecule has 1 amide bonds. The van der Waals surface area contributed by atoms with Gasteiger partial charge < -0.3 is 5.32 Å². The number of hydrogen-bond donors (Lipinski definition) is 2. The van der Waals surface area contributed by atoms with Crippen molar-refractivity contribution in [2.45, 2.75) is 18.0 Å². The van der Waals surface area contributed by atoms with E-state index in [0.717, 1.165) is 14.9 Å². The minimum absolute atomic E-state index is 0.148. The Labute approximate surface area is 170 Å². The van der Waals surface area contributed by atoms with E-state index >= 15 is 0 Å². The first-order valence-electron chi connectivity index (χ1n) is 8.09. The number of halogens is 1. The molecule has 0 unspecified atom stereocenters. The van der Waals surface area contributed by atoms with Gasteiger partial charge in [0.1, 0.15) is 0 Å². The molecule has 0 bridgehead atoms. The summed E-state index contributed by atoms with van der Waals surface area (Å²) in [4.78, 5) is 13.4. The molecule has 1 heterocycles. The second kappa shape index (κ2) is 8.79. The maximum atomic E-state index is 12.3.